The number of carbonyl (C=O) groups is 4. The second-order valence-corrected chi connectivity index (χ2v) is 7.65. The second kappa shape index (κ2) is 9.66. The van der Waals surface area contributed by atoms with E-state index in [2.05, 4.69) is 5.32 Å². The predicted octanol–water partition coefficient (Wildman–Crippen LogP) is 1.90. The summed E-state index contributed by atoms with van der Waals surface area (Å²) in [6.45, 7) is 3.90. The number of anilines is 1. The highest BCUT2D eigenvalue weighted by Gasteiger charge is 2.36. The van der Waals surface area contributed by atoms with Crippen LogP contribution in [-0.4, -0.2) is 61.6 Å². The molecule has 9 nitrogen and oxygen atoms in total. The molecule has 0 radical (unpaired) electrons. The molecule has 5 amide bonds. The Bertz CT molecular complexity index is 1120. The van der Waals surface area contributed by atoms with Crippen LogP contribution in [-0.2, 0) is 19.1 Å². The molecule has 4 rings (SSSR count). The number of hydrogen-bond donors (Lipinski definition) is 1. The zero-order valence-corrected chi connectivity index (χ0v) is 18.1. The lowest BCUT2D eigenvalue weighted by Gasteiger charge is -2.26. The van der Waals surface area contributed by atoms with E-state index < -0.39 is 17.8 Å². The summed E-state index contributed by atoms with van der Waals surface area (Å²) < 4.78 is 10.8. The number of nitrogens with zero attached hydrogens (tertiary/aromatic N) is 2. The van der Waals surface area contributed by atoms with Crippen molar-refractivity contribution in [3.63, 3.8) is 0 Å². The summed E-state index contributed by atoms with van der Waals surface area (Å²) in [5, 5.41) is 2.21. The van der Waals surface area contributed by atoms with Crippen LogP contribution in [0.4, 0.5) is 10.5 Å². The van der Waals surface area contributed by atoms with Crippen molar-refractivity contribution >= 4 is 35.5 Å². The van der Waals surface area contributed by atoms with E-state index in [-0.39, 0.29) is 18.1 Å². The van der Waals surface area contributed by atoms with E-state index in [0.29, 0.717) is 43.3 Å². The van der Waals surface area contributed by atoms with E-state index in [1.54, 1.807) is 47.4 Å². The van der Waals surface area contributed by atoms with Crippen molar-refractivity contribution in [2.45, 2.75) is 6.92 Å². The van der Waals surface area contributed by atoms with Crippen LogP contribution in [0, 0.1) is 6.92 Å². The van der Waals surface area contributed by atoms with Gasteiger partial charge in [0.1, 0.15) is 11.3 Å². The molecule has 2 heterocycles. The fraction of sp³-hybridized carbons (Fsp3) is 0.250. The van der Waals surface area contributed by atoms with E-state index in [4.69, 9.17) is 9.47 Å². The molecule has 2 saturated heterocycles. The molecular formula is C24H23N3O6. The molecule has 1 N–H and O–H groups in total. The van der Waals surface area contributed by atoms with Gasteiger partial charge in [0.2, 0.25) is 0 Å². The third-order valence-corrected chi connectivity index (χ3v) is 5.28. The number of benzene rings is 2. The maximum Gasteiger partial charge on any atom is 0.335 e. The zero-order chi connectivity index (χ0) is 23.4. The molecule has 0 spiro atoms. The van der Waals surface area contributed by atoms with E-state index in [1.165, 1.54) is 6.08 Å². The molecule has 0 aliphatic carbocycles. The molecule has 2 aromatic rings. The molecule has 2 aliphatic rings. The van der Waals surface area contributed by atoms with Gasteiger partial charge in [-0.2, -0.15) is 0 Å². The number of morpholine rings is 1. The SMILES string of the molecule is Cc1cccc(N2C(=O)NC(=O)/C(=C\c3ccc(OCC(=O)N4CCOCC4)cc3)C2=O)c1. The van der Waals surface area contributed by atoms with E-state index >= 15 is 0 Å². The number of aryl methyl sites for hydroxylation is 1. The Kier molecular flexibility index (Phi) is 6.50. The van der Waals surface area contributed by atoms with Crippen LogP contribution in [0.2, 0.25) is 0 Å². The monoisotopic (exact) mass is 449 g/mol. The Morgan fingerprint density at radius 1 is 1.09 bits per heavy atom. The maximum atomic E-state index is 13.0. The van der Waals surface area contributed by atoms with Gasteiger partial charge in [0.25, 0.3) is 17.7 Å². The van der Waals surface area contributed by atoms with E-state index in [1.807, 2.05) is 13.0 Å². The largest absolute Gasteiger partial charge is 0.484 e. The van der Waals surface area contributed by atoms with Gasteiger partial charge >= 0.3 is 6.03 Å². The Balaban J connectivity index is 1.46. The van der Waals surface area contributed by atoms with Crippen molar-refractivity contribution in [3.05, 3.63) is 65.2 Å². The topological polar surface area (TPSA) is 105 Å². The summed E-state index contributed by atoms with van der Waals surface area (Å²) in [7, 11) is 0. The number of amides is 5. The minimum Gasteiger partial charge on any atom is -0.484 e. The molecule has 2 aromatic carbocycles. The molecule has 9 heteroatoms. The van der Waals surface area contributed by atoms with Gasteiger partial charge in [-0.15, -0.1) is 0 Å². The normalized spacial score (nSPS) is 17.8. The number of ether oxygens (including phenoxy) is 2. The number of barbiturate groups is 1. The van der Waals surface area contributed by atoms with Gasteiger partial charge < -0.3 is 14.4 Å². The average Bonchev–Trinajstić information content (AvgIpc) is 2.81. The fourth-order valence-corrected chi connectivity index (χ4v) is 3.54. The van der Waals surface area contributed by atoms with Crippen LogP contribution in [0.15, 0.2) is 54.1 Å². The highest BCUT2D eigenvalue weighted by molar-refractivity contribution is 6.39. The maximum absolute atomic E-state index is 13.0. The predicted molar refractivity (Wildman–Crippen MR) is 120 cm³/mol. The van der Waals surface area contributed by atoms with E-state index in [9.17, 15) is 19.2 Å². The smallest absolute Gasteiger partial charge is 0.335 e. The first kappa shape index (κ1) is 22.2. The van der Waals surface area contributed by atoms with Gasteiger partial charge in [0, 0.05) is 13.1 Å². The molecule has 0 unspecified atom stereocenters. The van der Waals surface area contributed by atoms with Crippen molar-refractivity contribution in [2.24, 2.45) is 0 Å². The van der Waals surface area contributed by atoms with Gasteiger partial charge in [0.15, 0.2) is 6.61 Å². The number of hydrogen-bond acceptors (Lipinski definition) is 6. The molecular weight excluding hydrogens is 426 g/mol. The third-order valence-electron chi connectivity index (χ3n) is 5.28. The Labute approximate surface area is 190 Å². The third kappa shape index (κ3) is 5.09. The molecule has 0 atom stereocenters. The first-order valence-corrected chi connectivity index (χ1v) is 10.5. The molecule has 33 heavy (non-hydrogen) atoms. The number of carbonyl (C=O) groups excluding carboxylic acids is 4. The van der Waals surface area contributed by atoms with Gasteiger partial charge in [0.05, 0.1) is 18.9 Å². The van der Waals surface area contributed by atoms with Crippen molar-refractivity contribution in [1.82, 2.24) is 10.2 Å². The average molecular weight is 449 g/mol. The van der Waals surface area contributed by atoms with Crippen molar-refractivity contribution in [2.75, 3.05) is 37.8 Å². The quantitative estimate of drug-likeness (QED) is 0.552. The summed E-state index contributed by atoms with van der Waals surface area (Å²) >= 11 is 0. The summed E-state index contributed by atoms with van der Waals surface area (Å²) in [4.78, 5) is 52.4. The van der Waals surface area contributed by atoms with Gasteiger partial charge in [-0.25, -0.2) is 9.69 Å². The van der Waals surface area contributed by atoms with Crippen LogP contribution in [0.1, 0.15) is 11.1 Å². The number of urea groups is 1. The molecule has 2 aliphatic heterocycles. The molecule has 0 bridgehead atoms. The van der Waals surface area contributed by atoms with Gasteiger partial charge in [-0.1, -0.05) is 24.3 Å². The van der Waals surface area contributed by atoms with Crippen LogP contribution in [0.25, 0.3) is 6.08 Å². The number of rotatable bonds is 5. The first-order valence-electron chi connectivity index (χ1n) is 10.5. The minimum atomic E-state index is -0.790. The summed E-state index contributed by atoms with van der Waals surface area (Å²) in [5.41, 5.74) is 1.66. The summed E-state index contributed by atoms with van der Waals surface area (Å²) in [6.07, 6.45) is 1.41. The lowest BCUT2D eigenvalue weighted by molar-refractivity contribution is -0.137. The molecule has 2 fully saturated rings. The van der Waals surface area contributed by atoms with Gasteiger partial charge in [-0.05, 0) is 48.4 Å². The number of imide groups is 2. The summed E-state index contributed by atoms with van der Waals surface area (Å²) in [6, 6.07) is 12.7. The second-order valence-electron chi connectivity index (χ2n) is 7.65. The standard InChI is InChI=1S/C24H23N3O6/c1-16-3-2-4-18(13-16)27-23(30)20(22(29)25-24(27)31)14-17-5-7-19(8-6-17)33-15-21(28)26-9-11-32-12-10-26/h2-8,13-14H,9-12,15H2,1H3,(H,25,29,31)/b20-14+. The zero-order valence-electron chi connectivity index (χ0n) is 18.1. The lowest BCUT2D eigenvalue weighted by atomic mass is 10.1. The summed E-state index contributed by atoms with van der Waals surface area (Å²) in [5.74, 6) is -1.10. The van der Waals surface area contributed by atoms with Crippen LogP contribution >= 0.6 is 0 Å². The Hall–Kier alpha value is -3.98. The van der Waals surface area contributed by atoms with E-state index in [0.717, 1.165) is 10.5 Å². The molecule has 0 saturated carbocycles. The Morgan fingerprint density at radius 3 is 2.52 bits per heavy atom. The Morgan fingerprint density at radius 2 is 1.82 bits per heavy atom. The van der Waals surface area contributed by atoms with Crippen LogP contribution in [0.5, 0.6) is 5.75 Å². The van der Waals surface area contributed by atoms with Crippen LogP contribution < -0.4 is 15.0 Å². The van der Waals surface area contributed by atoms with Crippen molar-refractivity contribution in [1.29, 1.82) is 0 Å². The molecule has 170 valence electrons. The molecule has 0 aromatic heterocycles. The van der Waals surface area contributed by atoms with Crippen LogP contribution in [0.3, 0.4) is 0 Å². The highest BCUT2D eigenvalue weighted by atomic mass is 16.5. The van der Waals surface area contributed by atoms with Gasteiger partial charge in [-0.3, -0.25) is 19.7 Å². The fourth-order valence-electron chi connectivity index (χ4n) is 3.54. The number of nitrogens with one attached hydrogen (secondary N) is 1. The highest BCUT2D eigenvalue weighted by Crippen LogP contribution is 2.23. The van der Waals surface area contributed by atoms with Crippen molar-refractivity contribution in [3.8, 4) is 5.75 Å². The minimum absolute atomic E-state index is 0.0884. The van der Waals surface area contributed by atoms with Crippen molar-refractivity contribution < 1.29 is 28.7 Å². The first-order chi connectivity index (χ1) is 15.9. The lowest BCUT2D eigenvalue weighted by Crippen LogP contribution is -2.54.